The first kappa shape index (κ1) is 28.5. The van der Waals surface area contributed by atoms with Gasteiger partial charge in [-0.2, -0.15) is 0 Å². The van der Waals surface area contributed by atoms with Gasteiger partial charge in [-0.15, -0.1) is 0 Å². The maximum Gasteiger partial charge on any atom is 0.122 e. The lowest BCUT2D eigenvalue weighted by atomic mass is 9.77. The summed E-state index contributed by atoms with van der Waals surface area (Å²) in [5.41, 5.74) is 5.90. The number of allylic oxidation sites excluding steroid dienone is 2. The van der Waals surface area contributed by atoms with Crippen molar-refractivity contribution in [3.63, 3.8) is 0 Å². The van der Waals surface area contributed by atoms with Crippen LogP contribution in [0.2, 0.25) is 0 Å². The SMILES string of the molecule is CC=CCCc1ccc(CCCCC2CCC(CCc3ccc(OC)c(CCCCC)c3)CC2)cc1. The van der Waals surface area contributed by atoms with Crippen LogP contribution in [0.3, 0.4) is 0 Å². The standard InChI is InChI=1S/C35H52O/c1-4-6-8-12-29-16-18-30(19-17-29)13-10-11-14-31-20-22-32(23-21-31)24-25-33-26-27-35(36-3)34(28-33)15-9-7-5-2/h4,6,16-19,26-28,31-32H,5,7-15,20-25H2,1-3H3. The van der Waals surface area contributed by atoms with Gasteiger partial charge in [-0.1, -0.05) is 107 Å². The molecule has 0 unspecified atom stereocenters. The van der Waals surface area contributed by atoms with Crippen molar-refractivity contribution in [2.24, 2.45) is 11.8 Å². The average molecular weight is 489 g/mol. The van der Waals surface area contributed by atoms with Crippen molar-refractivity contribution in [2.75, 3.05) is 7.11 Å². The van der Waals surface area contributed by atoms with Crippen molar-refractivity contribution in [3.8, 4) is 5.75 Å². The zero-order valence-corrected chi connectivity index (χ0v) is 23.6. The second-order valence-electron chi connectivity index (χ2n) is 11.2. The van der Waals surface area contributed by atoms with E-state index in [1.54, 1.807) is 0 Å². The Morgan fingerprint density at radius 1 is 0.722 bits per heavy atom. The third-order valence-electron chi connectivity index (χ3n) is 8.39. The molecule has 0 N–H and O–H groups in total. The van der Waals surface area contributed by atoms with Gasteiger partial charge in [-0.25, -0.2) is 0 Å². The van der Waals surface area contributed by atoms with Gasteiger partial charge in [0, 0.05) is 0 Å². The molecule has 0 bridgehead atoms. The summed E-state index contributed by atoms with van der Waals surface area (Å²) in [6.07, 6.45) is 25.5. The second kappa shape index (κ2) is 16.7. The Kier molecular flexibility index (Phi) is 13.2. The molecule has 0 aromatic heterocycles. The van der Waals surface area contributed by atoms with E-state index in [-0.39, 0.29) is 0 Å². The predicted molar refractivity (Wildman–Crippen MR) is 157 cm³/mol. The Morgan fingerprint density at radius 2 is 1.36 bits per heavy atom. The highest BCUT2D eigenvalue weighted by Crippen LogP contribution is 2.34. The van der Waals surface area contributed by atoms with Gasteiger partial charge in [-0.3, -0.25) is 0 Å². The summed E-state index contributed by atoms with van der Waals surface area (Å²) < 4.78 is 5.62. The molecule has 1 fully saturated rings. The van der Waals surface area contributed by atoms with Crippen molar-refractivity contribution >= 4 is 0 Å². The molecule has 0 atom stereocenters. The molecule has 198 valence electrons. The van der Waals surface area contributed by atoms with Crippen LogP contribution in [0, 0.1) is 11.8 Å². The zero-order chi connectivity index (χ0) is 25.4. The van der Waals surface area contributed by atoms with E-state index < -0.39 is 0 Å². The Hall–Kier alpha value is -2.02. The zero-order valence-electron chi connectivity index (χ0n) is 23.6. The molecule has 0 radical (unpaired) electrons. The lowest BCUT2D eigenvalue weighted by Gasteiger charge is -2.28. The van der Waals surface area contributed by atoms with Gasteiger partial charge in [0.25, 0.3) is 0 Å². The Morgan fingerprint density at radius 3 is 2.03 bits per heavy atom. The normalized spacial score (nSPS) is 18.1. The van der Waals surface area contributed by atoms with Gasteiger partial charge < -0.3 is 4.74 Å². The van der Waals surface area contributed by atoms with Crippen LogP contribution in [0.25, 0.3) is 0 Å². The fraction of sp³-hybridized carbons (Fsp3) is 0.600. The number of hydrogen-bond acceptors (Lipinski definition) is 1. The number of ether oxygens (including phenoxy) is 1. The molecule has 0 saturated heterocycles. The quantitative estimate of drug-likeness (QED) is 0.169. The molecule has 2 aromatic rings. The summed E-state index contributed by atoms with van der Waals surface area (Å²) >= 11 is 0. The summed E-state index contributed by atoms with van der Waals surface area (Å²) in [6, 6.07) is 16.3. The van der Waals surface area contributed by atoms with Crippen LogP contribution in [-0.4, -0.2) is 7.11 Å². The molecule has 36 heavy (non-hydrogen) atoms. The second-order valence-corrected chi connectivity index (χ2v) is 11.2. The lowest BCUT2D eigenvalue weighted by Crippen LogP contribution is -2.15. The Balaban J connectivity index is 1.30. The van der Waals surface area contributed by atoms with Crippen LogP contribution in [0.4, 0.5) is 0 Å². The molecule has 0 heterocycles. The van der Waals surface area contributed by atoms with Gasteiger partial charge in [0.05, 0.1) is 7.11 Å². The van der Waals surface area contributed by atoms with Crippen molar-refractivity contribution in [3.05, 3.63) is 76.9 Å². The lowest BCUT2D eigenvalue weighted by molar-refractivity contribution is 0.249. The molecule has 0 aliphatic heterocycles. The molecular formula is C35H52O. The first-order chi connectivity index (χ1) is 17.7. The summed E-state index contributed by atoms with van der Waals surface area (Å²) in [5.74, 6) is 2.98. The van der Waals surface area contributed by atoms with Gasteiger partial charge in [0.2, 0.25) is 0 Å². The van der Waals surface area contributed by atoms with Gasteiger partial charge in [-0.05, 0) is 98.4 Å². The van der Waals surface area contributed by atoms with E-state index in [2.05, 4.69) is 68.5 Å². The Labute approximate surface area is 222 Å². The van der Waals surface area contributed by atoms with Crippen LogP contribution in [0.1, 0.15) is 113 Å². The minimum atomic E-state index is 0.929. The summed E-state index contributed by atoms with van der Waals surface area (Å²) in [6.45, 7) is 4.37. The maximum atomic E-state index is 5.62. The number of hydrogen-bond donors (Lipinski definition) is 0. The molecule has 1 aliphatic carbocycles. The molecular weight excluding hydrogens is 436 g/mol. The highest BCUT2D eigenvalue weighted by atomic mass is 16.5. The number of unbranched alkanes of at least 4 members (excludes halogenated alkanes) is 3. The first-order valence-corrected chi connectivity index (χ1v) is 15.1. The smallest absolute Gasteiger partial charge is 0.122 e. The number of aryl methyl sites for hydroxylation is 4. The van der Waals surface area contributed by atoms with Crippen LogP contribution in [0.15, 0.2) is 54.6 Å². The molecule has 3 rings (SSSR count). The summed E-state index contributed by atoms with van der Waals surface area (Å²) in [5, 5.41) is 0. The van der Waals surface area contributed by atoms with Gasteiger partial charge >= 0.3 is 0 Å². The van der Waals surface area contributed by atoms with Gasteiger partial charge in [0.15, 0.2) is 0 Å². The molecule has 0 amide bonds. The van der Waals surface area contributed by atoms with E-state index in [9.17, 15) is 0 Å². The third-order valence-corrected chi connectivity index (χ3v) is 8.39. The predicted octanol–water partition coefficient (Wildman–Crippen LogP) is 10.1. The van der Waals surface area contributed by atoms with Crippen molar-refractivity contribution in [1.82, 2.24) is 0 Å². The highest BCUT2D eigenvalue weighted by molar-refractivity contribution is 5.37. The average Bonchev–Trinajstić information content (AvgIpc) is 2.92. The van der Waals surface area contributed by atoms with Crippen LogP contribution in [0.5, 0.6) is 5.75 Å². The molecule has 0 spiro atoms. The van der Waals surface area contributed by atoms with E-state index in [4.69, 9.17) is 4.74 Å². The topological polar surface area (TPSA) is 9.23 Å². The van der Waals surface area contributed by atoms with E-state index in [0.717, 1.165) is 36.8 Å². The van der Waals surface area contributed by atoms with Crippen molar-refractivity contribution in [2.45, 2.75) is 117 Å². The summed E-state index contributed by atoms with van der Waals surface area (Å²) in [4.78, 5) is 0. The first-order valence-electron chi connectivity index (χ1n) is 15.1. The summed E-state index contributed by atoms with van der Waals surface area (Å²) in [7, 11) is 1.81. The molecule has 1 heteroatoms. The largest absolute Gasteiger partial charge is 0.496 e. The number of methoxy groups -OCH3 is 1. The minimum absolute atomic E-state index is 0.929. The fourth-order valence-electron chi connectivity index (χ4n) is 5.98. The van der Waals surface area contributed by atoms with E-state index >= 15 is 0 Å². The molecule has 1 aliphatic rings. The Bertz CT molecular complexity index is 870. The molecule has 1 saturated carbocycles. The fourth-order valence-corrected chi connectivity index (χ4v) is 5.98. The third kappa shape index (κ3) is 10.2. The van der Waals surface area contributed by atoms with Crippen LogP contribution in [-0.2, 0) is 25.7 Å². The maximum absolute atomic E-state index is 5.62. The van der Waals surface area contributed by atoms with E-state index in [0.29, 0.717) is 0 Å². The van der Waals surface area contributed by atoms with Gasteiger partial charge in [0.1, 0.15) is 5.75 Å². The van der Waals surface area contributed by atoms with Crippen LogP contribution >= 0.6 is 0 Å². The van der Waals surface area contributed by atoms with E-state index in [1.165, 1.54) is 106 Å². The van der Waals surface area contributed by atoms with Crippen molar-refractivity contribution in [1.29, 1.82) is 0 Å². The molecule has 2 aromatic carbocycles. The van der Waals surface area contributed by atoms with Crippen LogP contribution < -0.4 is 4.74 Å². The molecule has 1 nitrogen and oxygen atoms in total. The van der Waals surface area contributed by atoms with E-state index in [1.807, 2.05) is 7.11 Å². The monoisotopic (exact) mass is 488 g/mol. The highest BCUT2D eigenvalue weighted by Gasteiger charge is 2.21. The number of rotatable bonds is 16. The minimum Gasteiger partial charge on any atom is -0.496 e. The number of benzene rings is 2. The van der Waals surface area contributed by atoms with Crippen molar-refractivity contribution < 1.29 is 4.74 Å².